The van der Waals surface area contributed by atoms with Crippen LogP contribution in [0, 0.1) is 0 Å². The van der Waals surface area contributed by atoms with Crippen LogP contribution in [0.2, 0.25) is 0 Å². The Bertz CT molecular complexity index is 1120. The molecule has 8 nitrogen and oxygen atoms in total. The molecular formula is C20H13NO7. The smallest absolute Gasteiger partial charge is 0.350 e. The summed E-state index contributed by atoms with van der Waals surface area (Å²) in [5, 5.41) is 0. The first-order valence-electron chi connectivity index (χ1n) is 8.65. The van der Waals surface area contributed by atoms with Crippen LogP contribution in [0.25, 0.3) is 6.08 Å². The van der Waals surface area contributed by atoms with E-state index in [1.807, 2.05) is 0 Å². The van der Waals surface area contributed by atoms with Crippen molar-refractivity contribution in [1.29, 1.82) is 0 Å². The molecule has 140 valence electrons. The molecule has 1 unspecified atom stereocenters. The number of carbonyl (C=O) groups excluding carboxylic acids is 2. The van der Waals surface area contributed by atoms with Gasteiger partial charge in [-0.15, -0.1) is 0 Å². The molecule has 6 rings (SSSR count). The van der Waals surface area contributed by atoms with Crippen LogP contribution in [0.15, 0.2) is 30.5 Å². The van der Waals surface area contributed by atoms with Crippen molar-refractivity contribution in [1.82, 2.24) is 4.90 Å². The molecule has 4 heterocycles. The Balaban J connectivity index is 1.61. The second-order valence-electron chi connectivity index (χ2n) is 6.82. The zero-order valence-corrected chi connectivity index (χ0v) is 14.7. The van der Waals surface area contributed by atoms with Gasteiger partial charge >= 0.3 is 5.97 Å². The molecule has 1 spiro atoms. The molecule has 4 aliphatic heterocycles. The van der Waals surface area contributed by atoms with Gasteiger partial charge in [-0.1, -0.05) is 0 Å². The Morgan fingerprint density at radius 3 is 2.54 bits per heavy atom. The van der Waals surface area contributed by atoms with Gasteiger partial charge in [0.1, 0.15) is 0 Å². The summed E-state index contributed by atoms with van der Waals surface area (Å²) in [6.07, 6.45) is 3.45. The third-order valence-electron chi connectivity index (χ3n) is 5.50. The lowest BCUT2D eigenvalue weighted by Gasteiger charge is -2.32. The number of hydrogen-bond acceptors (Lipinski definition) is 8. The highest BCUT2D eigenvalue weighted by atomic mass is 16.7. The number of hydrogen-bond donors (Lipinski definition) is 0. The van der Waals surface area contributed by atoms with Gasteiger partial charge in [-0.25, -0.2) is 4.79 Å². The monoisotopic (exact) mass is 379 g/mol. The van der Waals surface area contributed by atoms with Crippen molar-refractivity contribution in [3.05, 3.63) is 47.2 Å². The molecule has 8 heteroatoms. The van der Waals surface area contributed by atoms with Crippen molar-refractivity contribution in [3.8, 4) is 28.7 Å². The van der Waals surface area contributed by atoms with Crippen molar-refractivity contribution in [3.63, 3.8) is 0 Å². The molecule has 2 aromatic carbocycles. The molecule has 2 aromatic rings. The third-order valence-corrected chi connectivity index (χ3v) is 5.50. The van der Waals surface area contributed by atoms with Crippen molar-refractivity contribution in [2.24, 2.45) is 0 Å². The Kier molecular flexibility index (Phi) is 2.73. The van der Waals surface area contributed by atoms with E-state index in [4.69, 9.17) is 23.7 Å². The van der Waals surface area contributed by atoms with E-state index in [0.29, 0.717) is 39.7 Å². The van der Waals surface area contributed by atoms with Gasteiger partial charge in [0.25, 0.3) is 0 Å². The number of Topliss-reactive ketones (excluding diaryl/α,β-unsaturated/α-hetero) is 1. The van der Waals surface area contributed by atoms with Gasteiger partial charge in [0, 0.05) is 24.4 Å². The summed E-state index contributed by atoms with van der Waals surface area (Å²) in [6.45, 7) is 0.127. The molecule has 0 bridgehead atoms. The minimum absolute atomic E-state index is 0.0341. The maximum Gasteiger partial charge on any atom is 0.350 e. The average Bonchev–Trinajstić information content (AvgIpc) is 3.39. The second-order valence-corrected chi connectivity index (χ2v) is 6.82. The first kappa shape index (κ1) is 15.4. The minimum atomic E-state index is -1.66. The van der Waals surface area contributed by atoms with Gasteiger partial charge < -0.3 is 28.6 Å². The normalized spacial score (nSPS) is 23.0. The topological polar surface area (TPSA) is 83.5 Å². The van der Waals surface area contributed by atoms with Crippen LogP contribution in [0.5, 0.6) is 28.7 Å². The van der Waals surface area contributed by atoms with Crippen LogP contribution >= 0.6 is 0 Å². The molecule has 1 atom stereocenters. The molecule has 0 aromatic heterocycles. The fourth-order valence-corrected chi connectivity index (χ4v) is 4.11. The van der Waals surface area contributed by atoms with Crippen molar-refractivity contribution >= 4 is 17.8 Å². The van der Waals surface area contributed by atoms with Crippen LogP contribution in [0.4, 0.5) is 0 Å². The number of esters is 1. The summed E-state index contributed by atoms with van der Waals surface area (Å²) >= 11 is 0. The van der Waals surface area contributed by atoms with Crippen molar-refractivity contribution in [2.45, 2.75) is 5.54 Å². The highest BCUT2D eigenvalue weighted by Gasteiger charge is 2.60. The molecule has 4 aliphatic rings. The molecule has 0 aliphatic carbocycles. The van der Waals surface area contributed by atoms with Crippen LogP contribution in [0.3, 0.4) is 0 Å². The Hall–Kier alpha value is -3.68. The zero-order valence-electron chi connectivity index (χ0n) is 14.7. The summed E-state index contributed by atoms with van der Waals surface area (Å²) in [5.74, 6) is 0.975. The van der Waals surface area contributed by atoms with E-state index in [1.165, 1.54) is 0 Å². The predicted molar refractivity (Wildman–Crippen MR) is 93.6 cm³/mol. The third kappa shape index (κ3) is 1.65. The Morgan fingerprint density at radius 1 is 0.929 bits per heavy atom. The van der Waals surface area contributed by atoms with Crippen LogP contribution in [-0.4, -0.2) is 37.3 Å². The summed E-state index contributed by atoms with van der Waals surface area (Å²) in [6, 6.07) is 6.71. The van der Waals surface area contributed by atoms with E-state index < -0.39 is 17.3 Å². The molecule has 0 N–H and O–H groups in total. The fourth-order valence-electron chi connectivity index (χ4n) is 4.11. The van der Waals surface area contributed by atoms with E-state index in [9.17, 15) is 9.59 Å². The highest BCUT2D eigenvalue weighted by Crippen LogP contribution is 2.54. The summed E-state index contributed by atoms with van der Waals surface area (Å²) < 4.78 is 27.2. The van der Waals surface area contributed by atoms with E-state index in [-0.39, 0.29) is 19.3 Å². The number of ether oxygens (including phenoxy) is 5. The number of likely N-dealkylation sites (N-methyl/N-ethyl adjacent to an activating group) is 1. The predicted octanol–water partition coefficient (Wildman–Crippen LogP) is 2.06. The van der Waals surface area contributed by atoms with Gasteiger partial charge in [-0.3, -0.25) is 4.79 Å². The van der Waals surface area contributed by atoms with E-state index in [1.54, 1.807) is 48.5 Å². The zero-order chi connectivity index (χ0) is 19.0. The van der Waals surface area contributed by atoms with Crippen LogP contribution in [-0.2, 0) is 10.3 Å². The number of ketones is 1. The number of nitrogens with zero attached hydrogens (tertiary/aromatic N) is 1. The van der Waals surface area contributed by atoms with Crippen molar-refractivity contribution in [2.75, 3.05) is 20.6 Å². The largest absolute Gasteiger partial charge is 0.454 e. The van der Waals surface area contributed by atoms with Crippen LogP contribution < -0.4 is 23.7 Å². The lowest BCUT2D eigenvalue weighted by Crippen LogP contribution is -2.52. The first-order chi connectivity index (χ1) is 13.6. The minimum Gasteiger partial charge on any atom is -0.454 e. The van der Waals surface area contributed by atoms with E-state index in [2.05, 4.69) is 0 Å². The number of carbonyl (C=O) groups is 2. The van der Waals surface area contributed by atoms with Gasteiger partial charge in [0.05, 0.1) is 0 Å². The molecule has 0 saturated heterocycles. The van der Waals surface area contributed by atoms with Crippen molar-refractivity contribution < 1.29 is 33.3 Å². The molecule has 28 heavy (non-hydrogen) atoms. The summed E-state index contributed by atoms with van der Waals surface area (Å²) in [5.41, 5.74) is -0.247. The maximum atomic E-state index is 13.8. The van der Waals surface area contributed by atoms with Gasteiger partial charge in [0.15, 0.2) is 23.0 Å². The van der Waals surface area contributed by atoms with Gasteiger partial charge in [-0.2, -0.15) is 0 Å². The molecule has 0 radical (unpaired) electrons. The quantitative estimate of drug-likeness (QED) is 0.391. The summed E-state index contributed by atoms with van der Waals surface area (Å²) in [4.78, 5) is 28.5. The lowest BCUT2D eigenvalue weighted by atomic mass is 9.81. The number of rotatable bonds is 0. The van der Waals surface area contributed by atoms with E-state index in [0.717, 1.165) is 0 Å². The van der Waals surface area contributed by atoms with Gasteiger partial charge in [-0.05, 0) is 35.9 Å². The number of fused-ring (bicyclic) bond motifs is 6. The number of benzene rings is 2. The molecular weight excluding hydrogens is 366 g/mol. The molecule has 0 fully saturated rings. The Labute approximate surface area is 158 Å². The van der Waals surface area contributed by atoms with Crippen LogP contribution in [0.1, 0.15) is 21.5 Å². The molecule has 0 saturated carbocycles. The standard InChI is InChI=1S/C20H13NO7/c1-21-5-4-10-6-14-15(26-8-25-14)7-11(10)18(22)20(21)12-2-3-13-17(27-9-24-13)16(12)28-19(20)23/h2-7H,8-9H2,1H3. The SMILES string of the molecule is CN1C=Cc2cc3c(cc2C(=O)C12C(=O)Oc1c2ccc2c1OCO2)OCO3. The lowest BCUT2D eigenvalue weighted by molar-refractivity contribution is -0.140. The fraction of sp³-hybridized carbons (Fsp3) is 0.200. The summed E-state index contributed by atoms with van der Waals surface area (Å²) in [7, 11) is 1.67. The Morgan fingerprint density at radius 2 is 1.68 bits per heavy atom. The first-order valence-corrected chi connectivity index (χ1v) is 8.65. The van der Waals surface area contributed by atoms with Gasteiger partial charge in [0.2, 0.25) is 30.7 Å². The average molecular weight is 379 g/mol. The highest BCUT2D eigenvalue weighted by molar-refractivity contribution is 6.21. The molecule has 0 amide bonds. The maximum absolute atomic E-state index is 13.8. The van der Waals surface area contributed by atoms with E-state index >= 15 is 0 Å². The second kappa shape index (κ2) is 4.98.